The number of nitrogens with zero attached hydrogens (tertiary/aromatic N) is 3. The third kappa shape index (κ3) is 2.20. The Kier molecular flexibility index (Phi) is 3.61. The van der Waals surface area contributed by atoms with Crippen LogP contribution in [0.2, 0.25) is 0 Å². The molecule has 0 atom stereocenters. The third-order valence-corrected chi connectivity index (χ3v) is 5.23. The van der Waals surface area contributed by atoms with Crippen LogP contribution in [-0.4, -0.2) is 21.3 Å². The Morgan fingerprint density at radius 1 is 1.11 bits per heavy atom. The van der Waals surface area contributed by atoms with Crippen LogP contribution in [0.15, 0.2) is 0 Å². The first-order valence-corrected chi connectivity index (χ1v) is 7.89. The van der Waals surface area contributed by atoms with Gasteiger partial charge in [0.05, 0.1) is 0 Å². The topological polar surface area (TPSA) is 56.7 Å². The molecule has 2 saturated carbocycles. The van der Waals surface area contributed by atoms with E-state index in [0.717, 1.165) is 12.4 Å². The third-order valence-electron chi connectivity index (χ3n) is 5.23. The SMILES string of the molecule is Cc1nnc(C2(CN)CCCCC2)n1C1CCCC1. The predicted octanol–water partition coefficient (Wildman–Crippen LogP) is 2.86. The second-order valence-corrected chi connectivity index (χ2v) is 6.42. The molecule has 4 heteroatoms. The van der Waals surface area contributed by atoms with Crippen molar-refractivity contribution < 1.29 is 0 Å². The Bertz CT molecular complexity index is 425. The van der Waals surface area contributed by atoms with E-state index in [-0.39, 0.29) is 5.41 Å². The lowest BCUT2D eigenvalue weighted by Crippen LogP contribution is -2.40. The Balaban J connectivity index is 1.98. The lowest BCUT2D eigenvalue weighted by molar-refractivity contribution is 0.268. The summed E-state index contributed by atoms with van der Waals surface area (Å²) in [5, 5.41) is 8.95. The van der Waals surface area contributed by atoms with E-state index in [1.165, 1.54) is 63.6 Å². The van der Waals surface area contributed by atoms with Crippen LogP contribution < -0.4 is 5.73 Å². The van der Waals surface area contributed by atoms with Crippen molar-refractivity contribution in [2.75, 3.05) is 6.54 Å². The minimum absolute atomic E-state index is 0.0993. The predicted molar refractivity (Wildman–Crippen MR) is 76.1 cm³/mol. The van der Waals surface area contributed by atoms with E-state index >= 15 is 0 Å². The highest BCUT2D eigenvalue weighted by Crippen LogP contribution is 2.41. The fourth-order valence-electron chi connectivity index (χ4n) is 4.08. The van der Waals surface area contributed by atoms with Gasteiger partial charge in [0.15, 0.2) is 0 Å². The molecule has 2 aliphatic rings. The van der Waals surface area contributed by atoms with E-state index in [1.807, 2.05) is 0 Å². The van der Waals surface area contributed by atoms with Gasteiger partial charge in [0.25, 0.3) is 0 Å². The summed E-state index contributed by atoms with van der Waals surface area (Å²) in [6.45, 7) is 2.82. The van der Waals surface area contributed by atoms with Gasteiger partial charge in [-0.1, -0.05) is 32.1 Å². The molecule has 3 rings (SSSR count). The van der Waals surface area contributed by atoms with E-state index in [2.05, 4.69) is 21.7 Å². The average molecular weight is 262 g/mol. The average Bonchev–Trinajstić information content (AvgIpc) is 3.08. The van der Waals surface area contributed by atoms with Crippen LogP contribution in [0.5, 0.6) is 0 Å². The van der Waals surface area contributed by atoms with Crippen molar-refractivity contribution >= 4 is 0 Å². The molecule has 4 nitrogen and oxygen atoms in total. The number of hydrogen-bond acceptors (Lipinski definition) is 3. The molecule has 1 aromatic rings. The number of aromatic nitrogens is 3. The van der Waals surface area contributed by atoms with Gasteiger partial charge in [-0.2, -0.15) is 0 Å². The summed E-state index contributed by atoms with van der Waals surface area (Å²) >= 11 is 0. The maximum atomic E-state index is 6.17. The van der Waals surface area contributed by atoms with E-state index < -0.39 is 0 Å². The normalized spacial score (nSPS) is 23.9. The molecular weight excluding hydrogens is 236 g/mol. The van der Waals surface area contributed by atoms with Crippen molar-refractivity contribution in [3.05, 3.63) is 11.6 Å². The van der Waals surface area contributed by atoms with Crippen LogP contribution in [0.4, 0.5) is 0 Å². The molecule has 0 bridgehead atoms. The number of aryl methyl sites for hydroxylation is 1. The molecule has 2 aliphatic carbocycles. The molecule has 0 amide bonds. The Hall–Kier alpha value is -0.900. The van der Waals surface area contributed by atoms with Gasteiger partial charge in [-0.05, 0) is 32.6 Å². The van der Waals surface area contributed by atoms with E-state index in [1.54, 1.807) is 0 Å². The monoisotopic (exact) mass is 262 g/mol. The number of hydrogen-bond donors (Lipinski definition) is 1. The molecule has 2 N–H and O–H groups in total. The van der Waals surface area contributed by atoms with Gasteiger partial charge in [0, 0.05) is 18.0 Å². The fourth-order valence-corrected chi connectivity index (χ4v) is 4.08. The first kappa shape index (κ1) is 13.1. The van der Waals surface area contributed by atoms with Gasteiger partial charge in [-0.15, -0.1) is 10.2 Å². The van der Waals surface area contributed by atoms with Crippen LogP contribution >= 0.6 is 0 Å². The van der Waals surface area contributed by atoms with Gasteiger partial charge in [0.1, 0.15) is 11.6 Å². The molecule has 0 spiro atoms. The highest BCUT2D eigenvalue weighted by Gasteiger charge is 2.39. The zero-order valence-corrected chi connectivity index (χ0v) is 12.1. The Morgan fingerprint density at radius 2 is 1.79 bits per heavy atom. The van der Waals surface area contributed by atoms with Gasteiger partial charge in [-0.25, -0.2) is 0 Å². The summed E-state index contributed by atoms with van der Waals surface area (Å²) in [7, 11) is 0. The van der Waals surface area contributed by atoms with E-state index in [4.69, 9.17) is 5.73 Å². The molecule has 2 fully saturated rings. The van der Waals surface area contributed by atoms with Crippen LogP contribution in [0.3, 0.4) is 0 Å². The van der Waals surface area contributed by atoms with Crippen molar-refractivity contribution in [2.45, 2.75) is 76.2 Å². The standard InChI is InChI=1S/C15H26N4/c1-12-17-18-14(19(12)13-7-3-4-8-13)15(11-16)9-5-2-6-10-15/h13H,2-11,16H2,1H3. The van der Waals surface area contributed by atoms with Gasteiger partial charge < -0.3 is 10.3 Å². The summed E-state index contributed by atoms with van der Waals surface area (Å²) < 4.78 is 2.44. The van der Waals surface area contributed by atoms with Crippen LogP contribution in [0.1, 0.15) is 75.5 Å². The molecule has 0 saturated heterocycles. The Morgan fingerprint density at radius 3 is 2.42 bits per heavy atom. The summed E-state index contributed by atoms with van der Waals surface area (Å²) in [4.78, 5) is 0. The quantitative estimate of drug-likeness (QED) is 0.911. The van der Waals surface area contributed by atoms with Crippen molar-refractivity contribution in [1.29, 1.82) is 0 Å². The van der Waals surface area contributed by atoms with Gasteiger partial charge in [-0.3, -0.25) is 0 Å². The number of rotatable bonds is 3. The first-order chi connectivity index (χ1) is 9.27. The maximum absolute atomic E-state index is 6.17. The Labute approximate surface area is 115 Å². The minimum Gasteiger partial charge on any atom is -0.329 e. The zero-order valence-electron chi connectivity index (χ0n) is 12.1. The van der Waals surface area contributed by atoms with Crippen LogP contribution in [-0.2, 0) is 5.41 Å². The van der Waals surface area contributed by atoms with Gasteiger partial charge >= 0.3 is 0 Å². The van der Waals surface area contributed by atoms with E-state index in [9.17, 15) is 0 Å². The summed E-state index contributed by atoms with van der Waals surface area (Å²) in [5.74, 6) is 2.28. The highest BCUT2D eigenvalue weighted by atomic mass is 15.3. The second kappa shape index (κ2) is 5.23. The minimum atomic E-state index is 0.0993. The molecule has 0 unspecified atom stereocenters. The molecule has 106 valence electrons. The van der Waals surface area contributed by atoms with Crippen LogP contribution in [0, 0.1) is 6.92 Å². The molecule has 0 aromatic carbocycles. The van der Waals surface area contributed by atoms with E-state index in [0.29, 0.717) is 6.04 Å². The summed E-state index contributed by atoms with van der Waals surface area (Å²) in [6.07, 6.45) is 11.6. The maximum Gasteiger partial charge on any atom is 0.140 e. The molecule has 1 heterocycles. The molecule has 0 radical (unpaired) electrons. The lowest BCUT2D eigenvalue weighted by Gasteiger charge is -2.36. The lowest BCUT2D eigenvalue weighted by atomic mass is 9.73. The smallest absolute Gasteiger partial charge is 0.140 e. The first-order valence-electron chi connectivity index (χ1n) is 7.89. The van der Waals surface area contributed by atoms with Crippen molar-refractivity contribution in [3.63, 3.8) is 0 Å². The van der Waals surface area contributed by atoms with Crippen molar-refractivity contribution in [1.82, 2.24) is 14.8 Å². The van der Waals surface area contributed by atoms with Crippen molar-refractivity contribution in [3.8, 4) is 0 Å². The number of nitrogens with two attached hydrogens (primary N) is 1. The molecule has 0 aliphatic heterocycles. The largest absolute Gasteiger partial charge is 0.329 e. The summed E-state index contributed by atoms with van der Waals surface area (Å²) in [5.41, 5.74) is 6.27. The van der Waals surface area contributed by atoms with Crippen LogP contribution in [0.25, 0.3) is 0 Å². The second-order valence-electron chi connectivity index (χ2n) is 6.42. The molecular formula is C15H26N4. The summed E-state index contributed by atoms with van der Waals surface area (Å²) in [6, 6.07) is 0.621. The van der Waals surface area contributed by atoms with Crippen molar-refractivity contribution in [2.24, 2.45) is 5.73 Å². The molecule has 1 aromatic heterocycles. The molecule has 19 heavy (non-hydrogen) atoms. The van der Waals surface area contributed by atoms with Gasteiger partial charge in [0.2, 0.25) is 0 Å². The fraction of sp³-hybridized carbons (Fsp3) is 0.867. The zero-order chi connectivity index (χ0) is 13.3. The highest BCUT2D eigenvalue weighted by molar-refractivity contribution is 5.14.